The smallest absolute Gasteiger partial charge is 0.181 e. The molecule has 4 N–H and O–H groups in total. The first-order chi connectivity index (χ1) is 11.2. The summed E-state index contributed by atoms with van der Waals surface area (Å²) in [5.74, 6) is 0. The average Bonchev–Trinajstić information content (AvgIpc) is 2.96. The molecule has 1 heterocycles. The lowest BCUT2D eigenvalue weighted by Crippen LogP contribution is -1.88. The van der Waals surface area contributed by atoms with E-state index in [4.69, 9.17) is 5.73 Å². The zero-order chi connectivity index (χ0) is 16.5. The van der Waals surface area contributed by atoms with Gasteiger partial charge in [-0.15, -0.1) is 0 Å². The number of hydrogen-bond acceptors (Lipinski definition) is 7. The van der Waals surface area contributed by atoms with Crippen LogP contribution in [-0.4, -0.2) is 24.5 Å². The highest BCUT2D eigenvalue weighted by Gasteiger charge is 2.00. The van der Waals surface area contributed by atoms with Crippen LogP contribution in [0.25, 0.3) is 10.2 Å². The molecule has 0 radical (unpaired) electrons. The van der Waals surface area contributed by atoms with E-state index in [2.05, 4.69) is 20.8 Å². The lowest BCUT2D eigenvalue weighted by Gasteiger charge is -1.97. The molecule has 2 aromatic carbocycles. The van der Waals surface area contributed by atoms with Gasteiger partial charge >= 0.3 is 0 Å². The molecular formula is C16H17N5OS. The number of hydrogen-bond donors (Lipinski definition) is 3. The quantitative estimate of drug-likeness (QED) is 0.389. The summed E-state index contributed by atoms with van der Waals surface area (Å²) in [5, 5.41) is 7.25. The van der Waals surface area contributed by atoms with Crippen molar-refractivity contribution in [3.05, 3.63) is 48.5 Å². The summed E-state index contributed by atoms with van der Waals surface area (Å²) >= 11 is 1.41. The van der Waals surface area contributed by atoms with Crippen LogP contribution in [0.3, 0.4) is 0 Å². The van der Waals surface area contributed by atoms with E-state index in [0.29, 0.717) is 11.4 Å². The van der Waals surface area contributed by atoms with Crippen LogP contribution in [0.4, 0.5) is 16.5 Å². The Balaban J connectivity index is 0.000000203. The highest BCUT2D eigenvalue weighted by Crippen LogP contribution is 2.26. The molecule has 0 aliphatic heterocycles. The molecule has 1 aromatic heterocycles. The highest BCUT2D eigenvalue weighted by atomic mass is 32.1. The third-order valence-corrected chi connectivity index (χ3v) is 3.64. The van der Waals surface area contributed by atoms with Crippen molar-refractivity contribution in [3.63, 3.8) is 0 Å². The normalized spacial score (nSPS) is 10.1. The lowest BCUT2D eigenvalue weighted by atomic mass is 10.3. The summed E-state index contributed by atoms with van der Waals surface area (Å²) in [6.07, 6.45) is 1.75. The van der Waals surface area contributed by atoms with Gasteiger partial charge in [0.25, 0.3) is 0 Å². The molecule has 0 aliphatic rings. The number of nitrogen functional groups attached to an aromatic ring is 1. The molecule has 6 nitrogen and oxygen atoms in total. The predicted octanol–water partition coefficient (Wildman–Crippen LogP) is 3.20. The van der Waals surface area contributed by atoms with Gasteiger partial charge < -0.3 is 11.1 Å². The number of rotatable bonds is 4. The van der Waals surface area contributed by atoms with Crippen molar-refractivity contribution in [3.8, 4) is 0 Å². The maximum absolute atomic E-state index is 10.00. The van der Waals surface area contributed by atoms with Gasteiger partial charge in [0.05, 0.1) is 22.1 Å². The maximum atomic E-state index is 10.00. The van der Waals surface area contributed by atoms with E-state index in [0.717, 1.165) is 27.8 Å². The van der Waals surface area contributed by atoms with Gasteiger partial charge in [0.2, 0.25) is 0 Å². The van der Waals surface area contributed by atoms with E-state index >= 15 is 0 Å². The standard InChI is InChI=1S/C9H8N4OS.C7H9N/c10-9-12-7-2-1-6(5-8(7)15-9)13-11-3-4-14;1-8-7-5-3-2-4-6-7/h1-5,13H,(H2,10,12);2-6,8H,1H3/b11-3+;. The van der Waals surface area contributed by atoms with Crippen LogP contribution in [-0.2, 0) is 4.79 Å². The van der Waals surface area contributed by atoms with E-state index in [9.17, 15) is 4.79 Å². The Bertz CT molecular complexity index is 786. The number of anilines is 3. The first-order valence-electron chi connectivity index (χ1n) is 6.84. The number of hydrazone groups is 1. The molecule has 0 bridgehead atoms. The molecule has 0 fully saturated rings. The van der Waals surface area contributed by atoms with Crippen LogP contribution < -0.4 is 16.5 Å². The van der Waals surface area contributed by atoms with E-state index in [1.807, 2.05) is 55.6 Å². The van der Waals surface area contributed by atoms with Crippen molar-refractivity contribution in [1.29, 1.82) is 0 Å². The average molecular weight is 327 g/mol. The number of carbonyl (C=O) groups excluding carboxylic acids is 1. The Morgan fingerprint density at radius 1 is 1.17 bits per heavy atom. The number of fused-ring (bicyclic) bond motifs is 1. The second kappa shape index (κ2) is 8.50. The Morgan fingerprint density at radius 2 is 1.96 bits per heavy atom. The number of benzene rings is 2. The molecule has 0 saturated heterocycles. The fourth-order valence-electron chi connectivity index (χ4n) is 1.76. The topological polar surface area (TPSA) is 92.4 Å². The number of nitrogens with zero attached hydrogens (tertiary/aromatic N) is 2. The summed E-state index contributed by atoms with van der Waals surface area (Å²) in [4.78, 5) is 14.1. The van der Waals surface area contributed by atoms with Gasteiger partial charge in [0.15, 0.2) is 11.4 Å². The van der Waals surface area contributed by atoms with Gasteiger partial charge in [-0.3, -0.25) is 10.2 Å². The molecular weight excluding hydrogens is 310 g/mol. The van der Waals surface area contributed by atoms with Gasteiger partial charge in [-0.2, -0.15) is 5.10 Å². The molecule has 0 amide bonds. The van der Waals surface area contributed by atoms with Crippen LogP contribution >= 0.6 is 11.3 Å². The van der Waals surface area contributed by atoms with Crippen molar-refractivity contribution in [2.45, 2.75) is 0 Å². The second-order valence-electron chi connectivity index (χ2n) is 4.38. The fourth-order valence-corrected chi connectivity index (χ4v) is 2.53. The van der Waals surface area contributed by atoms with Crippen molar-refractivity contribution in [1.82, 2.24) is 4.98 Å². The van der Waals surface area contributed by atoms with Gasteiger partial charge in [-0.1, -0.05) is 29.5 Å². The number of nitrogens with one attached hydrogen (secondary N) is 2. The number of nitrogens with two attached hydrogens (primary N) is 1. The Morgan fingerprint density at radius 3 is 2.61 bits per heavy atom. The summed E-state index contributed by atoms with van der Waals surface area (Å²) in [7, 11) is 1.91. The maximum Gasteiger partial charge on any atom is 0.181 e. The van der Waals surface area contributed by atoms with Gasteiger partial charge in [-0.25, -0.2) is 4.98 Å². The number of aldehydes is 1. The summed E-state index contributed by atoms with van der Waals surface area (Å²) in [6, 6.07) is 15.6. The molecule has 3 aromatic rings. The number of carbonyl (C=O) groups is 1. The van der Waals surface area contributed by atoms with Crippen LogP contribution in [0.15, 0.2) is 53.6 Å². The Labute approximate surface area is 138 Å². The molecule has 0 unspecified atom stereocenters. The summed E-state index contributed by atoms with van der Waals surface area (Å²) in [5.41, 5.74) is 11.1. The molecule has 0 spiro atoms. The third-order valence-electron chi connectivity index (χ3n) is 2.80. The van der Waals surface area contributed by atoms with Crippen LogP contribution in [0.5, 0.6) is 0 Å². The second-order valence-corrected chi connectivity index (χ2v) is 5.44. The summed E-state index contributed by atoms with van der Waals surface area (Å²) < 4.78 is 0.985. The molecule has 23 heavy (non-hydrogen) atoms. The largest absolute Gasteiger partial charge is 0.388 e. The van der Waals surface area contributed by atoms with Crippen molar-refractivity contribution in [2.24, 2.45) is 5.10 Å². The minimum atomic E-state index is 0.540. The fraction of sp³-hybridized carbons (Fsp3) is 0.0625. The highest BCUT2D eigenvalue weighted by molar-refractivity contribution is 7.22. The van der Waals surface area contributed by atoms with Gasteiger partial charge in [-0.05, 0) is 30.3 Å². The van der Waals surface area contributed by atoms with Crippen LogP contribution in [0, 0.1) is 0 Å². The minimum absolute atomic E-state index is 0.540. The molecule has 0 saturated carbocycles. The zero-order valence-electron chi connectivity index (χ0n) is 12.6. The van der Waals surface area contributed by atoms with Crippen LogP contribution in [0.2, 0.25) is 0 Å². The molecule has 7 heteroatoms. The molecule has 118 valence electrons. The van der Waals surface area contributed by atoms with Gasteiger partial charge in [0.1, 0.15) is 0 Å². The predicted molar refractivity (Wildman–Crippen MR) is 98.2 cm³/mol. The van der Waals surface area contributed by atoms with E-state index in [-0.39, 0.29) is 0 Å². The van der Waals surface area contributed by atoms with E-state index < -0.39 is 0 Å². The lowest BCUT2D eigenvalue weighted by molar-refractivity contribution is -0.102. The number of aromatic nitrogens is 1. The number of para-hydroxylation sites is 1. The zero-order valence-corrected chi connectivity index (χ0v) is 13.4. The molecule has 0 aliphatic carbocycles. The van der Waals surface area contributed by atoms with E-state index in [1.165, 1.54) is 11.3 Å². The van der Waals surface area contributed by atoms with E-state index in [1.54, 1.807) is 0 Å². The monoisotopic (exact) mass is 327 g/mol. The Hall–Kier alpha value is -2.93. The summed E-state index contributed by atoms with van der Waals surface area (Å²) in [6.45, 7) is 0. The third kappa shape index (κ3) is 5.08. The minimum Gasteiger partial charge on any atom is -0.388 e. The van der Waals surface area contributed by atoms with Crippen molar-refractivity contribution >= 4 is 50.6 Å². The first kappa shape index (κ1) is 16.4. The number of thiazole rings is 1. The van der Waals surface area contributed by atoms with Gasteiger partial charge in [0, 0.05) is 12.7 Å². The van der Waals surface area contributed by atoms with Crippen molar-refractivity contribution < 1.29 is 4.79 Å². The first-order valence-corrected chi connectivity index (χ1v) is 7.66. The molecule has 0 atom stereocenters. The Kier molecular flexibility index (Phi) is 6.07. The molecule has 3 rings (SSSR count). The van der Waals surface area contributed by atoms with Crippen molar-refractivity contribution in [2.75, 3.05) is 23.5 Å². The van der Waals surface area contributed by atoms with Crippen LogP contribution in [0.1, 0.15) is 0 Å². The SMILES string of the molecule is CNc1ccccc1.Nc1nc2ccc(N/N=C/C=O)cc2s1.